The van der Waals surface area contributed by atoms with E-state index < -0.39 is 79.8 Å². The van der Waals surface area contributed by atoms with Crippen LogP contribution < -0.4 is 10.6 Å². The maximum absolute atomic E-state index is 13.0. The van der Waals surface area contributed by atoms with Crippen molar-refractivity contribution in [2.75, 3.05) is 19.8 Å². The number of unbranched alkanes of at least 4 members (excludes halogenated alkanes) is 4. The number of hydrogen-bond acceptors (Lipinski definition) is 13. The molecule has 1 aliphatic rings. The van der Waals surface area contributed by atoms with Crippen LogP contribution in [0.25, 0.3) is 0 Å². The van der Waals surface area contributed by atoms with Crippen LogP contribution in [0.1, 0.15) is 70.4 Å². The van der Waals surface area contributed by atoms with E-state index in [0.29, 0.717) is 23.3 Å². The van der Waals surface area contributed by atoms with Gasteiger partial charge in [-0.15, -0.1) is 0 Å². The lowest BCUT2D eigenvalue weighted by Crippen LogP contribution is -2.62. The van der Waals surface area contributed by atoms with Crippen LogP contribution in [0.4, 0.5) is 0 Å². The third-order valence-corrected chi connectivity index (χ3v) is 8.17. The van der Waals surface area contributed by atoms with Gasteiger partial charge in [0.15, 0.2) is 24.1 Å². The Kier molecular flexibility index (Phi) is 17.3. The van der Waals surface area contributed by atoms with Gasteiger partial charge in [-0.3, -0.25) is 9.59 Å². The topological polar surface area (TPSA) is 265 Å². The molecular formula is C32H53N3O13. The van der Waals surface area contributed by atoms with Gasteiger partial charge in [-0.25, -0.2) is 4.74 Å². The Morgan fingerprint density at radius 3 is 2.25 bits per heavy atom. The first-order valence-electron chi connectivity index (χ1n) is 16.2. The number of rotatable bonds is 20. The van der Waals surface area contributed by atoms with E-state index in [1.165, 1.54) is 26.5 Å². The fraction of sp³-hybridized carbons (Fsp3) is 0.719. The molecule has 48 heavy (non-hydrogen) atoms. The number of ether oxygens (including phenoxy) is 2. The number of aliphatic hydroxyl groups excluding tert-OH is 8. The summed E-state index contributed by atoms with van der Waals surface area (Å²) < 4.78 is 11.1. The second-order valence-electron chi connectivity index (χ2n) is 12.7. The molecule has 1 heterocycles. The number of aliphatic hydroxyl groups is 8. The second kappa shape index (κ2) is 20.0. The molecule has 1 fully saturated rings. The van der Waals surface area contributed by atoms with Gasteiger partial charge in [0.05, 0.1) is 19.8 Å². The number of nitrogens with zero attached hydrogens (tertiary/aromatic N) is 1. The number of benzene rings is 1. The van der Waals surface area contributed by atoms with E-state index in [0.717, 1.165) is 31.2 Å². The summed E-state index contributed by atoms with van der Waals surface area (Å²) in [6.45, 7) is 3.41. The zero-order chi connectivity index (χ0) is 36.0. The van der Waals surface area contributed by atoms with E-state index in [2.05, 4.69) is 17.6 Å². The Labute approximate surface area is 280 Å². The van der Waals surface area contributed by atoms with Crippen molar-refractivity contribution >= 4 is 18.0 Å². The number of carbonyl (C=O) groups excluding carboxylic acids is 2. The van der Waals surface area contributed by atoms with Gasteiger partial charge in [0.25, 0.3) is 5.91 Å². The molecule has 16 nitrogen and oxygen atoms in total. The molecule has 1 aromatic rings. The average molecular weight is 688 g/mol. The van der Waals surface area contributed by atoms with Crippen LogP contribution in [-0.2, 0) is 25.6 Å². The minimum atomic E-state index is -2.27. The maximum atomic E-state index is 13.0. The van der Waals surface area contributed by atoms with Gasteiger partial charge in [0.2, 0.25) is 5.91 Å². The van der Waals surface area contributed by atoms with Gasteiger partial charge in [-0.2, -0.15) is 0 Å². The van der Waals surface area contributed by atoms with E-state index in [1.807, 2.05) is 0 Å². The summed E-state index contributed by atoms with van der Waals surface area (Å²) in [5.41, 5.74) is 0.154. The van der Waals surface area contributed by atoms with Crippen molar-refractivity contribution in [1.29, 1.82) is 0 Å². The molecule has 0 bridgehead atoms. The van der Waals surface area contributed by atoms with Crippen LogP contribution in [0.2, 0.25) is 0 Å². The van der Waals surface area contributed by atoms with Crippen molar-refractivity contribution in [2.24, 2.45) is 0 Å². The quantitative estimate of drug-likeness (QED) is 0.0229. The lowest BCUT2D eigenvalue weighted by atomic mass is 9.98. The Balaban J connectivity index is 1.95. The molecule has 2 rings (SSSR count). The predicted molar refractivity (Wildman–Crippen MR) is 171 cm³/mol. The molecule has 2 amide bonds. The van der Waals surface area contributed by atoms with Gasteiger partial charge in [0, 0.05) is 32.4 Å². The average Bonchev–Trinajstić information content (AvgIpc) is 3.07. The standard InChI is InChI=1S/C32H53N3O13/c1-4-5-6-7-8-9-23(39)33-14-19-10-12-20(13-11-19)15-35(46)32(2,3)18-34-30(45)27(43)26(42)29(21(38)16-36)48-31-28(44)25(41)24(40)22(17-37)47-31/h10-13,15,21-22,24-29,31,36-38,40-44H,4-9,14,16-18H2,1-3H3,(H,33,39)(H,34,45)/b35-15-/t21-,22+,24-,25-,26-,27+,28+,29+,31-/m0/s1. The second-order valence-corrected chi connectivity index (χ2v) is 12.7. The predicted octanol–water partition coefficient (Wildman–Crippen LogP) is -2.25. The molecule has 9 atom stereocenters. The molecule has 0 unspecified atom stereocenters. The minimum absolute atomic E-state index is 0.0178. The maximum Gasteiger partial charge on any atom is 0.251 e. The first-order chi connectivity index (χ1) is 22.7. The SMILES string of the molecule is CCCCCCCC(=O)NCc1ccc(/C=[N+](\[O-])C(C)(C)CNC(=O)[C@H](O)[C@H](O)[C@H](O[C@@H]2O[C@H](CO)[C@H](O)[C@H](O)[C@H]2O)[C@@H](O)CO)cc1. The van der Waals surface area contributed by atoms with E-state index in [9.17, 15) is 55.6 Å². The van der Waals surface area contributed by atoms with Crippen molar-refractivity contribution in [3.05, 3.63) is 40.6 Å². The Morgan fingerprint density at radius 2 is 1.65 bits per heavy atom. The molecule has 1 saturated heterocycles. The molecular weight excluding hydrogens is 634 g/mol. The molecule has 0 aliphatic carbocycles. The van der Waals surface area contributed by atoms with Crippen molar-refractivity contribution in [1.82, 2.24) is 10.6 Å². The highest BCUT2D eigenvalue weighted by Crippen LogP contribution is 2.25. The molecule has 274 valence electrons. The fourth-order valence-electron chi connectivity index (χ4n) is 4.87. The largest absolute Gasteiger partial charge is 0.623 e. The number of amides is 2. The normalized spacial score (nSPS) is 24.4. The van der Waals surface area contributed by atoms with Crippen LogP contribution in [0.15, 0.2) is 24.3 Å². The molecule has 0 saturated carbocycles. The van der Waals surface area contributed by atoms with Gasteiger partial charge in [-0.1, -0.05) is 44.7 Å². The lowest BCUT2D eigenvalue weighted by Gasteiger charge is -2.42. The lowest BCUT2D eigenvalue weighted by molar-refractivity contribution is -0.533. The van der Waals surface area contributed by atoms with Crippen molar-refractivity contribution < 1.29 is 64.7 Å². The summed E-state index contributed by atoms with van der Waals surface area (Å²) in [4.78, 5) is 24.8. The number of carbonyl (C=O) groups is 2. The van der Waals surface area contributed by atoms with Crippen molar-refractivity contribution in [2.45, 2.75) is 127 Å². The zero-order valence-electron chi connectivity index (χ0n) is 27.7. The highest BCUT2D eigenvalue weighted by molar-refractivity contribution is 5.81. The molecule has 1 aromatic carbocycles. The highest BCUT2D eigenvalue weighted by atomic mass is 16.7. The summed E-state index contributed by atoms with van der Waals surface area (Å²) in [6, 6.07) is 6.95. The summed E-state index contributed by atoms with van der Waals surface area (Å²) in [7, 11) is 0. The summed E-state index contributed by atoms with van der Waals surface area (Å²) >= 11 is 0. The van der Waals surface area contributed by atoms with E-state index in [4.69, 9.17) is 9.47 Å². The molecule has 0 radical (unpaired) electrons. The van der Waals surface area contributed by atoms with Crippen LogP contribution in [-0.4, -0.2) is 144 Å². The fourth-order valence-corrected chi connectivity index (χ4v) is 4.87. The van der Waals surface area contributed by atoms with Crippen LogP contribution in [0.5, 0.6) is 0 Å². The molecule has 0 aromatic heterocycles. The van der Waals surface area contributed by atoms with Gasteiger partial charge < -0.3 is 66.2 Å². The van der Waals surface area contributed by atoms with Crippen LogP contribution >= 0.6 is 0 Å². The molecule has 16 heteroatoms. The third-order valence-electron chi connectivity index (χ3n) is 8.17. The Hall–Kier alpha value is -2.77. The smallest absolute Gasteiger partial charge is 0.251 e. The highest BCUT2D eigenvalue weighted by Gasteiger charge is 2.47. The van der Waals surface area contributed by atoms with E-state index in [-0.39, 0.29) is 12.5 Å². The number of hydrogen-bond donors (Lipinski definition) is 10. The summed E-state index contributed by atoms with van der Waals surface area (Å²) in [5, 5.41) is 98.6. The van der Waals surface area contributed by atoms with Gasteiger partial charge in [0.1, 0.15) is 42.7 Å². The van der Waals surface area contributed by atoms with Crippen LogP contribution in [0, 0.1) is 5.21 Å². The first kappa shape index (κ1) is 41.4. The van der Waals surface area contributed by atoms with Crippen molar-refractivity contribution in [3.8, 4) is 0 Å². The molecule has 10 N–H and O–H groups in total. The first-order valence-corrected chi connectivity index (χ1v) is 16.2. The molecule has 1 aliphatic heterocycles. The van der Waals surface area contributed by atoms with E-state index in [1.54, 1.807) is 24.3 Å². The Morgan fingerprint density at radius 1 is 1.00 bits per heavy atom. The Bertz CT molecular complexity index is 1150. The molecule has 0 spiro atoms. The zero-order valence-corrected chi connectivity index (χ0v) is 27.7. The van der Waals surface area contributed by atoms with E-state index >= 15 is 0 Å². The van der Waals surface area contributed by atoms with Gasteiger partial charge in [-0.05, 0) is 24.1 Å². The van der Waals surface area contributed by atoms with Gasteiger partial charge >= 0.3 is 0 Å². The summed E-state index contributed by atoms with van der Waals surface area (Å²) in [5.74, 6) is -1.18. The number of hydroxylamine groups is 1. The van der Waals surface area contributed by atoms with Crippen LogP contribution in [0.3, 0.4) is 0 Å². The monoisotopic (exact) mass is 687 g/mol. The third kappa shape index (κ3) is 12.3. The number of nitrogens with one attached hydrogen (secondary N) is 2. The van der Waals surface area contributed by atoms with Crippen molar-refractivity contribution in [3.63, 3.8) is 0 Å². The summed E-state index contributed by atoms with van der Waals surface area (Å²) in [6.07, 6.45) is -10.0. The minimum Gasteiger partial charge on any atom is -0.623 e.